The maximum absolute atomic E-state index is 12.5. The summed E-state index contributed by atoms with van der Waals surface area (Å²) in [6, 6.07) is 8.22. The van der Waals surface area contributed by atoms with Crippen LogP contribution in [-0.4, -0.2) is 29.9 Å². The molecule has 1 fully saturated rings. The second-order valence-corrected chi connectivity index (χ2v) is 5.59. The number of rotatable bonds is 3. The van der Waals surface area contributed by atoms with Crippen LogP contribution in [0.3, 0.4) is 0 Å². The molecule has 2 N–H and O–H groups in total. The zero-order valence-electron chi connectivity index (χ0n) is 11.9. The fraction of sp³-hybridized carbons (Fsp3) is 0.562. The van der Waals surface area contributed by atoms with Crippen LogP contribution in [0.1, 0.15) is 42.6 Å². The lowest BCUT2D eigenvalue weighted by Gasteiger charge is -2.38. The Morgan fingerprint density at radius 2 is 2.00 bits per heavy atom. The standard InChI is InChI=1S/C16H24N2O/c1-12-4-3-11-18(13(12)2)16(19)15-7-5-14(6-8-15)9-10-17/h5-8,12-13H,3-4,9-11,17H2,1-2H3. The zero-order chi connectivity index (χ0) is 13.8. The molecule has 0 aromatic heterocycles. The number of carbonyl (C=O) groups is 1. The van der Waals surface area contributed by atoms with Gasteiger partial charge in [0.05, 0.1) is 0 Å². The van der Waals surface area contributed by atoms with Crippen LogP contribution in [0.5, 0.6) is 0 Å². The molecule has 2 unspecified atom stereocenters. The highest BCUT2D eigenvalue weighted by atomic mass is 16.2. The van der Waals surface area contributed by atoms with Crippen LogP contribution in [0.4, 0.5) is 0 Å². The van der Waals surface area contributed by atoms with Crippen molar-refractivity contribution < 1.29 is 4.79 Å². The average Bonchev–Trinajstić information content (AvgIpc) is 2.42. The maximum atomic E-state index is 12.5. The molecule has 2 atom stereocenters. The van der Waals surface area contributed by atoms with Crippen molar-refractivity contribution in [1.29, 1.82) is 0 Å². The summed E-state index contributed by atoms with van der Waals surface area (Å²) in [7, 11) is 0. The topological polar surface area (TPSA) is 46.3 Å². The summed E-state index contributed by atoms with van der Waals surface area (Å²) in [4.78, 5) is 14.5. The molecule has 1 amide bonds. The highest BCUT2D eigenvalue weighted by Crippen LogP contribution is 2.24. The molecule has 1 saturated heterocycles. The smallest absolute Gasteiger partial charge is 0.254 e. The van der Waals surface area contributed by atoms with Crippen LogP contribution in [0.25, 0.3) is 0 Å². The third-order valence-corrected chi connectivity index (χ3v) is 4.27. The van der Waals surface area contributed by atoms with Gasteiger partial charge in [0, 0.05) is 18.2 Å². The number of benzene rings is 1. The molecule has 1 heterocycles. The largest absolute Gasteiger partial charge is 0.336 e. The van der Waals surface area contributed by atoms with Crippen molar-refractivity contribution in [2.45, 2.75) is 39.2 Å². The number of hydrogen-bond acceptors (Lipinski definition) is 2. The molecule has 0 saturated carbocycles. The summed E-state index contributed by atoms with van der Waals surface area (Å²) in [5.74, 6) is 0.757. The molecule has 19 heavy (non-hydrogen) atoms. The van der Waals surface area contributed by atoms with Gasteiger partial charge < -0.3 is 10.6 Å². The molecule has 1 aromatic carbocycles. The Labute approximate surface area is 115 Å². The molecular weight excluding hydrogens is 236 g/mol. The normalized spacial score (nSPS) is 23.4. The van der Waals surface area contributed by atoms with Crippen molar-refractivity contribution in [2.75, 3.05) is 13.1 Å². The SMILES string of the molecule is CC1CCCN(C(=O)c2ccc(CCN)cc2)C1C. The molecule has 0 aliphatic carbocycles. The van der Waals surface area contributed by atoms with Gasteiger partial charge in [-0.15, -0.1) is 0 Å². The Hall–Kier alpha value is -1.35. The summed E-state index contributed by atoms with van der Waals surface area (Å²) >= 11 is 0. The average molecular weight is 260 g/mol. The fourth-order valence-electron chi connectivity index (χ4n) is 2.77. The second-order valence-electron chi connectivity index (χ2n) is 5.59. The molecule has 1 aromatic rings. The minimum Gasteiger partial charge on any atom is -0.336 e. The molecule has 1 aliphatic rings. The van der Waals surface area contributed by atoms with Gasteiger partial charge in [0.2, 0.25) is 0 Å². The Morgan fingerprint density at radius 1 is 1.32 bits per heavy atom. The first-order valence-corrected chi connectivity index (χ1v) is 7.23. The quantitative estimate of drug-likeness (QED) is 0.907. The lowest BCUT2D eigenvalue weighted by Crippen LogP contribution is -2.46. The Balaban J connectivity index is 2.10. The lowest BCUT2D eigenvalue weighted by atomic mass is 9.91. The zero-order valence-corrected chi connectivity index (χ0v) is 11.9. The van der Waals surface area contributed by atoms with Crippen molar-refractivity contribution in [2.24, 2.45) is 11.7 Å². The van der Waals surface area contributed by atoms with Gasteiger partial charge >= 0.3 is 0 Å². The first-order valence-electron chi connectivity index (χ1n) is 7.23. The number of piperidine rings is 1. The molecule has 1 aliphatic heterocycles. The van der Waals surface area contributed by atoms with Crippen LogP contribution in [0.15, 0.2) is 24.3 Å². The summed E-state index contributed by atoms with van der Waals surface area (Å²) < 4.78 is 0. The number of likely N-dealkylation sites (tertiary alicyclic amines) is 1. The van der Waals surface area contributed by atoms with Crippen LogP contribution in [0.2, 0.25) is 0 Å². The minimum absolute atomic E-state index is 0.165. The van der Waals surface area contributed by atoms with E-state index in [4.69, 9.17) is 5.73 Å². The summed E-state index contributed by atoms with van der Waals surface area (Å²) in [5.41, 5.74) is 7.52. The number of nitrogens with zero attached hydrogens (tertiary/aromatic N) is 1. The molecule has 3 heteroatoms. The van der Waals surface area contributed by atoms with Crippen molar-refractivity contribution in [1.82, 2.24) is 4.90 Å². The molecule has 104 valence electrons. The van der Waals surface area contributed by atoms with E-state index >= 15 is 0 Å². The molecular formula is C16H24N2O. The molecule has 3 nitrogen and oxygen atoms in total. The van der Waals surface area contributed by atoms with Gasteiger partial charge in [-0.3, -0.25) is 4.79 Å². The number of hydrogen-bond donors (Lipinski definition) is 1. The Morgan fingerprint density at radius 3 is 2.63 bits per heavy atom. The van der Waals surface area contributed by atoms with Crippen molar-refractivity contribution in [3.63, 3.8) is 0 Å². The summed E-state index contributed by atoms with van der Waals surface area (Å²) in [6.45, 7) is 5.92. The predicted octanol–water partition coefficient (Wildman–Crippen LogP) is 2.45. The van der Waals surface area contributed by atoms with E-state index in [0.717, 1.165) is 24.9 Å². The maximum Gasteiger partial charge on any atom is 0.254 e. The van der Waals surface area contributed by atoms with E-state index in [2.05, 4.69) is 13.8 Å². The van der Waals surface area contributed by atoms with Gasteiger partial charge in [0.15, 0.2) is 0 Å². The monoisotopic (exact) mass is 260 g/mol. The van der Waals surface area contributed by atoms with Gasteiger partial charge in [-0.1, -0.05) is 19.1 Å². The van der Waals surface area contributed by atoms with Crippen LogP contribution >= 0.6 is 0 Å². The van der Waals surface area contributed by atoms with Gasteiger partial charge in [0.1, 0.15) is 0 Å². The summed E-state index contributed by atoms with van der Waals surface area (Å²) in [5, 5.41) is 0. The van der Waals surface area contributed by atoms with Crippen LogP contribution in [0, 0.1) is 5.92 Å². The van der Waals surface area contributed by atoms with E-state index in [0.29, 0.717) is 18.5 Å². The molecule has 2 rings (SSSR count). The molecule has 0 bridgehead atoms. The first kappa shape index (κ1) is 14.1. The Bertz CT molecular complexity index is 427. The van der Waals surface area contributed by atoms with Gasteiger partial charge in [-0.2, -0.15) is 0 Å². The van der Waals surface area contributed by atoms with E-state index in [-0.39, 0.29) is 5.91 Å². The second kappa shape index (κ2) is 6.20. The highest BCUT2D eigenvalue weighted by molar-refractivity contribution is 5.94. The van der Waals surface area contributed by atoms with E-state index in [1.165, 1.54) is 12.0 Å². The molecule has 0 radical (unpaired) electrons. The predicted molar refractivity (Wildman–Crippen MR) is 78.1 cm³/mol. The van der Waals surface area contributed by atoms with E-state index in [1.54, 1.807) is 0 Å². The highest BCUT2D eigenvalue weighted by Gasteiger charge is 2.28. The van der Waals surface area contributed by atoms with Crippen molar-refractivity contribution in [3.05, 3.63) is 35.4 Å². The van der Waals surface area contributed by atoms with Crippen LogP contribution in [-0.2, 0) is 6.42 Å². The van der Waals surface area contributed by atoms with Crippen molar-refractivity contribution in [3.8, 4) is 0 Å². The summed E-state index contributed by atoms with van der Waals surface area (Å²) in [6.07, 6.45) is 3.20. The van der Waals surface area contributed by atoms with E-state index in [1.807, 2.05) is 29.2 Å². The molecule has 0 spiro atoms. The number of carbonyl (C=O) groups excluding carboxylic acids is 1. The third-order valence-electron chi connectivity index (χ3n) is 4.27. The lowest BCUT2D eigenvalue weighted by molar-refractivity contribution is 0.0551. The minimum atomic E-state index is 0.165. The van der Waals surface area contributed by atoms with Gasteiger partial charge in [-0.25, -0.2) is 0 Å². The van der Waals surface area contributed by atoms with Crippen molar-refractivity contribution >= 4 is 5.91 Å². The van der Waals surface area contributed by atoms with Crippen LogP contribution < -0.4 is 5.73 Å². The fourth-order valence-corrected chi connectivity index (χ4v) is 2.77. The van der Waals surface area contributed by atoms with E-state index in [9.17, 15) is 4.79 Å². The van der Waals surface area contributed by atoms with E-state index < -0.39 is 0 Å². The first-order chi connectivity index (χ1) is 9.13. The number of nitrogens with two attached hydrogens (primary N) is 1. The van der Waals surface area contributed by atoms with Gasteiger partial charge in [-0.05, 0) is 56.3 Å². The third kappa shape index (κ3) is 3.16. The Kier molecular flexibility index (Phi) is 4.59. The number of amides is 1. The van der Waals surface area contributed by atoms with Gasteiger partial charge in [0.25, 0.3) is 5.91 Å².